The van der Waals surface area contributed by atoms with Crippen molar-refractivity contribution in [2.24, 2.45) is 0 Å². The molecule has 0 heterocycles. The Hall–Kier alpha value is -0.180. The first-order valence-electron chi connectivity index (χ1n) is 3.62. The van der Waals surface area contributed by atoms with Gasteiger partial charge in [-0.05, 0) is 12.1 Å². The summed E-state index contributed by atoms with van der Waals surface area (Å²) < 4.78 is 0.850. The number of para-hydroxylation sites is 1. The monoisotopic (exact) mass is 279 g/mol. The summed E-state index contributed by atoms with van der Waals surface area (Å²) in [5.74, 6) is 0. The number of hydrogen-bond donors (Lipinski definition) is 1. The first kappa shape index (κ1) is 10.9. The lowest BCUT2D eigenvalue weighted by atomic mass is 10.3. The molecule has 1 rings (SSSR count). The van der Waals surface area contributed by atoms with Crippen molar-refractivity contribution in [3.63, 3.8) is 0 Å². The fourth-order valence-electron chi connectivity index (χ4n) is 0.851. The molecule has 1 N–H and O–H groups in total. The van der Waals surface area contributed by atoms with Crippen LogP contribution in [-0.4, -0.2) is 6.54 Å². The molecule has 0 atom stereocenters. The lowest BCUT2D eigenvalue weighted by Gasteiger charge is -2.08. The van der Waals surface area contributed by atoms with Gasteiger partial charge in [0, 0.05) is 11.0 Å². The van der Waals surface area contributed by atoms with Crippen LogP contribution in [0.1, 0.15) is 0 Å². The van der Waals surface area contributed by atoms with E-state index in [2.05, 4.69) is 27.8 Å². The van der Waals surface area contributed by atoms with Gasteiger partial charge in [-0.3, -0.25) is 0 Å². The topological polar surface area (TPSA) is 12.0 Å². The van der Waals surface area contributed by atoms with Crippen LogP contribution in [-0.2, 0) is 0 Å². The second-order valence-corrected chi connectivity index (χ2v) is 4.40. The van der Waals surface area contributed by atoms with Crippen molar-refractivity contribution < 1.29 is 0 Å². The van der Waals surface area contributed by atoms with E-state index in [0.29, 0.717) is 16.6 Å². The van der Waals surface area contributed by atoms with Gasteiger partial charge >= 0.3 is 0 Å². The Labute approximate surface area is 95.9 Å². The Bertz CT molecular complexity index is 305. The number of hydrogen-bond acceptors (Lipinski definition) is 1. The minimum atomic E-state index is 0.601. The van der Waals surface area contributed by atoms with Crippen molar-refractivity contribution in [3.8, 4) is 0 Å². The van der Waals surface area contributed by atoms with E-state index < -0.39 is 0 Å². The highest BCUT2D eigenvalue weighted by Crippen LogP contribution is 2.29. The standard InChI is InChI=1S/C9H8BrCl2N/c1-6(10)5-13-9-7(11)3-2-4-8(9)12/h2-4,13H,1,5H2. The van der Waals surface area contributed by atoms with Crippen LogP contribution < -0.4 is 5.32 Å². The van der Waals surface area contributed by atoms with Crippen LogP contribution in [0, 0.1) is 0 Å². The summed E-state index contributed by atoms with van der Waals surface area (Å²) in [7, 11) is 0. The summed E-state index contributed by atoms with van der Waals surface area (Å²) in [6, 6.07) is 5.37. The minimum absolute atomic E-state index is 0.601. The predicted molar refractivity (Wildman–Crippen MR) is 63.0 cm³/mol. The second-order valence-electron chi connectivity index (χ2n) is 2.47. The Morgan fingerprint density at radius 2 is 1.92 bits per heavy atom. The molecule has 0 unspecified atom stereocenters. The van der Waals surface area contributed by atoms with Gasteiger partial charge in [-0.2, -0.15) is 0 Å². The van der Waals surface area contributed by atoms with Gasteiger partial charge in [0.1, 0.15) is 0 Å². The predicted octanol–water partition coefficient (Wildman–Crippen LogP) is 4.31. The lowest BCUT2D eigenvalue weighted by Crippen LogP contribution is -2.01. The molecule has 0 amide bonds. The summed E-state index contributed by atoms with van der Waals surface area (Å²) in [5, 5.41) is 4.29. The number of benzene rings is 1. The van der Waals surface area contributed by atoms with Gasteiger partial charge in [-0.1, -0.05) is 51.8 Å². The molecule has 13 heavy (non-hydrogen) atoms. The molecule has 0 aliphatic heterocycles. The van der Waals surface area contributed by atoms with Crippen molar-refractivity contribution >= 4 is 44.8 Å². The third-order valence-electron chi connectivity index (χ3n) is 1.42. The molecule has 0 aliphatic rings. The maximum atomic E-state index is 5.92. The second kappa shape index (κ2) is 4.89. The van der Waals surface area contributed by atoms with Crippen LogP contribution in [0.15, 0.2) is 29.3 Å². The molecule has 0 aromatic heterocycles. The molecular formula is C9H8BrCl2N. The maximum Gasteiger partial charge on any atom is 0.0721 e. The highest BCUT2D eigenvalue weighted by Gasteiger charge is 2.03. The summed E-state index contributed by atoms with van der Waals surface area (Å²) >= 11 is 15.1. The smallest absolute Gasteiger partial charge is 0.0721 e. The van der Waals surface area contributed by atoms with Crippen LogP contribution in [0.5, 0.6) is 0 Å². The van der Waals surface area contributed by atoms with Gasteiger partial charge in [-0.15, -0.1) is 0 Å². The van der Waals surface area contributed by atoms with Crippen LogP contribution in [0.3, 0.4) is 0 Å². The van der Waals surface area contributed by atoms with E-state index in [1.807, 2.05) is 0 Å². The van der Waals surface area contributed by atoms with Crippen molar-refractivity contribution in [2.75, 3.05) is 11.9 Å². The van der Waals surface area contributed by atoms with Crippen LogP contribution in [0.4, 0.5) is 5.69 Å². The zero-order chi connectivity index (χ0) is 9.84. The van der Waals surface area contributed by atoms with Gasteiger partial charge in [-0.25, -0.2) is 0 Å². The first-order chi connectivity index (χ1) is 6.11. The van der Waals surface area contributed by atoms with Crippen LogP contribution in [0.25, 0.3) is 0 Å². The molecule has 0 bridgehead atoms. The highest BCUT2D eigenvalue weighted by atomic mass is 79.9. The van der Waals surface area contributed by atoms with Crippen LogP contribution in [0.2, 0.25) is 10.0 Å². The molecule has 0 saturated heterocycles. The molecule has 1 aromatic carbocycles. The van der Waals surface area contributed by atoms with Crippen molar-refractivity contribution in [1.29, 1.82) is 0 Å². The number of nitrogens with one attached hydrogen (secondary N) is 1. The zero-order valence-corrected chi connectivity index (χ0v) is 9.88. The van der Waals surface area contributed by atoms with Crippen molar-refractivity contribution in [1.82, 2.24) is 0 Å². The molecule has 0 radical (unpaired) electrons. The maximum absolute atomic E-state index is 5.92. The quantitative estimate of drug-likeness (QED) is 0.870. The van der Waals surface area contributed by atoms with Gasteiger partial charge < -0.3 is 5.32 Å². The van der Waals surface area contributed by atoms with Gasteiger partial charge in [0.25, 0.3) is 0 Å². The number of anilines is 1. The first-order valence-corrected chi connectivity index (χ1v) is 5.17. The lowest BCUT2D eigenvalue weighted by molar-refractivity contribution is 1.33. The third kappa shape index (κ3) is 3.22. The zero-order valence-electron chi connectivity index (χ0n) is 6.78. The molecule has 1 nitrogen and oxygen atoms in total. The molecule has 0 fully saturated rings. The van der Waals surface area contributed by atoms with Gasteiger partial charge in [0.05, 0.1) is 15.7 Å². The fourth-order valence-corrected chi connectivity index (χ4v) is 1.52. The number of rotatable bonds is 3. The number of halogens is 3. The SMILES string of the molecule is C=C(Br)CNc1c(Cl)cccc1Cl. The largest absolute Gasteiger partial charge is 0.378 e. The third-order valence-corrected chi connectivity index (χ3v) is 2.33. The summed E-state index contributed by atoms with van der Waals surface area (Å²) in [4.78, 5) is 0. The van der Waals surface area contributed by atoms with E-state index in [0.717, 1.165) is 10.2 Å². The minimum Gasteiger partial charge on any atom is -0.378 e. The molecule has 1 aromatic rings. The average Bonchev–Trinajstić information content (AvgIpc) is 2.03. The van der Waals surface area contributed by atoms with Crippen molar-refractivity contribution in [2.45, 2.75) is 0 Å². The Morgan fingerprint density at radius 3 is 2.38 bits per heavy atom. The average molecular weight is 281 g/mol. The van der Waals surface area contributed by atoms with Crippen LogP contribution >= 0.6 is 39.1 Å². The molecule has 0 saturated carbocycles. The summed E-state index contributed by atoms with van der Waals surface area (Å²) in [6.45, 7) is 4.30. The van der Waals surface area contributed by atoms with Crippen molar-refractivity contribution in [3.05, 3.63) is 39.3 Å². The Morgan fingerprint density at radius 1 is 1.38 bits per heavy atom. The molecule has 0 spiro atoms. The Kier molecular flexibility index (Phi) is 4.10. The summed E-state index contributed by atoms with van der Waals surface area (Å²) in [5.41, 5.74) is 0.742. The summed E-state index contributed by atoms with van der Waals surface area (Å²) in [6.07, 6.45) is 0. The molecule has 70 valence electrons. The normalized spacial score (nSPS) is 9.77. The van der Waals surface area contributed by atoms with E-state index in [1.54, 1.807) is 18.2 Å². The molecule has 0 aliphatic carbocycles. The molecule has 4 heteroatoms. The van der Waals surface area contributed by atoms with E-state index in [1.165, 1.54) is 0 Å². The van der Waals surface area contributed by atoms with E-state index in [4.69, 9.17) is 23.2 Å². The molecular weight excluding hydrogens is 273 g/mol. The highest BCUT2D eigenvalue weighted by molar-refractivity contribution is 9.11. The van der Waals surface area contributed by atoms with E-state index in [-0.39, 0.29) is 0 Å². The fraction of sp³-hybridized carbons (Fsp3) is 0.111. The van der Waals surface area contributed by atoms with E-state index >= 15 is 0 Å². The van der Waals surface area contributed by atoms with Gasteiger partial charge in [0.15, 0.2) is 0 Å². The van der Waals surface area contributed by atoms with Gasteiger partial charge in [0.2, 0.25) is 0 Å². The Balaban J connectivity index is 2.81. The van der Waals surface area contributed by atoms with E-state index in [9.17, 15) is 0 Å².